The molecular formula is C11H14O3S. The van der Waals surface area contributed by atoms with E-state index in [-0.39, 0.29) is 0 Å². The number of thioether (sulfide) groups is 1. The Kier molecular flexibility index (Phi) is 4.65. The molecule has 3 nitrogen and oxygen atoms in total. The maximum atomic E-state index is 11.0. The van der Waals surface area contributed by atoms with Crippen LogP contribution >= 0.6 is 11.8 Å². The fourth-order valence-corrected chi connectivity index (χ4v) is 2.11. The maximum Gasteiger partial charge on any atom is 0.336 e. The minimum Gasteiger partial charge on any atom is -0.478 e. The van der Waals surface area contributed by atoms with E-state index in [1.807, 2.05) is 19.1 Å². The van der Waals surface area contributed by atoms with Gasteiger partial charge in [-0.2, -0.15) is 0 Å². The van der Waals surface area contributed by atoms with Gasteiger partial charge in [-0.1, -0.05) is 11.6 Å². The normalized spacial score (nSPS) is 10.3. The van der Waals surface area contributed by atoms with Gasteiger partial charge in [-0.05, 0) is 19.1 Å². The smallest absolute Gasteiger partial charge is 0.336 e. The van der Waals surface area contributed by atoms with E-state index in [1.54, 1.807) is 13.2 Å². The van der Waals surface area contributed by atoms with Gasteiger partial charge in [0.2, 0.25) is 0 Å². The van der Waals surface area contributed by atoms with E-state index in [0.29, 0.717) is 12.2 Å². The van der Waals surface area contributed by atoms with Crippen LogP contribution in [-0.2, 0) is 4.74 Å². The van der Waals surface area contributed by atoms with E-state index in [0.717, 1.165) is 16.2 Å². The van der Waals surface area contributed by atoms with Crippen LogP contribution in [-0.4, -0.2) is 30.5 Å². The third kappa shape index (κ3) is 3.57. The van der Waals surface area contributed by atoms with Gasteiger partial charge in [0.25, 0.3) is 0 Å². The molecule has 0 bridgehead atoms. The number of aryl methyl sites for hydroxylation is 1. The lowest BCUT2D eigenvalue weighted by Gasteiger charge is -2.06. The van der Waals surface area contributed by atoms with Gasteiger partial charge >= 0.3 is 5.97 Å². The van der Waals surface area contributed by atoms with Gasteiger partial charge < -0.3 is 9.84 Å². The lowest BCUT2D eigenvalue weighted by atomic mass is 10.1. The standard InChI is InChI=1S/C11H14O3S/c1-8-3-4-10(15-6-5-14-2)9(7-8)11(12)13/h3-4,7H,5-6H2,1-2H3,(H,12,13). The van der Waals surface area contributed by atoms with Crippen LogP contribution in [0, 0.1) is 6.92 Å². The number of hydrogen-bond acceptors (Lipinski definition) is 3. The van der Waals surface area contributed by atoms with Crippen molar-refractivity contribution in [3.63, 3.8) is 0 Å². The summed E-state index contributed by atoms with van der Waals surface area (Å²) in [5.74, 6) is -0.113. The zero-order chi connectivity index (χ0) is 11.3. The molecule has 0 aliphatic heterocycles. The maximum absolute atomic E-state index is 11.0. The first-order valence-electron chi connectivity index (χ1n) is 4.61. The summed E-state index contributed by atoms with van der Waals surface area (Å²) in [7, 11) is 1.63. The Balaban J connectivity index is 2.81. The topological polar surface area (TPSA) is 46.5 Å². The summed E-state index contributed by atoms with van der Waals surface area (Å²) in [6.07, 6.45) is 0. The molecule has 0 saturated carbocycles. The van der Waals surface area contributed by atoms with Crippen LogP contribution in [0.4, 0.5) is 0 Å². The first-order valence-corrected chi connectivity index (χ1v) is 5.59. The third-order valence-electron chi connectivity index (χ3n) is 1.91. The SMILES string of the molecule is COCCSc1ccc(C)cc1C(=O)O. The molecule has 0 aliphatic carbocycles. The summed E-state index contributed by atoms with van der Waals surface area (Å²) in [5, 5.41) is 9.00. The fourth-order valence-electron chi connectivity index (χ4n) is 1.17. The molecule has 1 aromatic carbocycles. The molecule has 82 valence electrons. The van der Waals surface area contributed by atoms with Crippen LogP contribution < -0.4 is 0 Å². The van der Waals surface area contributed by atoms with Crippen molar-refractivity contribution in [3.05, 3.63) is 29.3 Å². The van der Waals surface area contributed by atoms with Crippen molar-refractivity contribution in [2.45, 2.75) is 11.8 Å². The summed E-state index contributed by atoms with van der Waals surface area (Å²) in [6.45, 7) is 2.51. The number of hydrogen-bond donors (Lipinski definition) is 1. The van der Waals surface area contributed by atoms with Crippen LogP contribution in [0.15, 0.2) is 23.1 Å². The molecular weight excluding hydrogens is 212 g/mol. The first kappa shape index (κ1) is 12.1. The molecule has 0 atom stereocenters. The molecule has 0 spiro atoms. The molecule has 0 fully saturated rings. The highest BCUT2D eigenvalue weighted by molar-refractivity contribution is 7.99. The van der Waals surface area contributed by atoms with E-state index in [2.05, 4.69) is 0 Å². The zero-order valence-electron chi connectivity index (χ0n) is 8.82. The van der Waals surface area contributed by atoms with Crippen molar-refractivity contribution in [2.24, 2.45) is 0 Å². The highest BCUT2D eigenvalue weighted by Crippen LogP contribution is 2.23. The van der Waals surface area contributed by atoms with Gasteiger partial charge in [-0.25, -0.2) is 4.79 Å². The van der Waals surface area contributed by atoms with E-state index >= 15 is 0 Å². The molecule has 1 rings (SSSR count). The highest BCUT2D eigenvalue weighted by atomic mass is 32.2. The Hall–Kier alpha value is -1.00. The van der Waals surface area contributed by atoms with Crippen molar-refractivity contribution >= 4 is 17.7 Å². The molecule has 1 aromatic rings. The Bertz CT molecular complexity index is 350. The Labute approximate surface area is 93.4 Å². The zero-order valence-corrected chi connectivity index (χ0v) is 9.63. The number of ether oxygens (including phenoxy) is 1. The lowest BCUT2D eigenvalue weighted by Crippen LogP contribution is -2.00. The van der Waals surface area contributed by atoms with Crippen molar-refractivity contribution in [1.29, 1.82) is 0 Å². The first-order chi connectivity index (χ1) is 7.15. The summed E-state index contributed by atoms with van der Waals surface area (Å²) in [6, 6.07) is 5.46. The Morgan fingerprint density at radius 1 is 1.53 bits per heavy atom. The van der Waals surface area contributed by atoms with Crippen molar-refractivity contribution in [1.82, 2.24) is 0 Å². The van der Waals surface area contributed by atoms with Crippen LogP contribution in [0.25, 0.3) is 0 Å². The highest BCUT2D eigenvalue weighted by Gasteiger charge is 2.09. The molecule has 0 aliphatic rings. The minimum absolute atomic E-state index is 0.371. The predicted molar refractivity (Wildman–Crippen MR) is 60.7 cm³/mol. The average molecular weight is 226 g/mol. The second-order valence-electron chi connectivity index (χ2n) is 3.15. The molecule has 4 heteroatoms. The van der Waals surface area contributed by atoms with Gasteiger partial charge in [0.1, 0.15) is 0 Å². The van der Waals surface area contributed by atoms with Gasteiger partial charge in [0.15, 0.2) is 0 Å². The summed E-state index contributed by atoms with van der Waals surface area (Å²) in [4.78, 5) is 11.8. The molecule has 0 aromatic heterocycles. The predicted octanol–water partition coefficient (Wildman–Crippen LogP) is 2.43. The van der Waals surface area contributed by atoms with Gasteiger partial charge in [0, 0.05) is 17.8 Å². The largest absolute Gasteiger partial charge is 0.478 e. The van der Waals surface area contributed by atoms with Gasteiger partial charge in [0.05, 0.1) is 12.2 Å². The fraction of sp³-hybridized carbons (Fsp3) is 0.364. The molecule has 15 heavy (non-hydrogen) atoms. The van der Waals surface area contributed by atoms with E-state index < -0.39 is 5.97 Å². The second kappa shape index (κ2) is 5.78. The molecule has 0 saturated heterocycles. The summed E-state index contributed by atoms with van der Waals surface area (Å²) in [5.41, 5.74) is 1.33. The minimum atomic E-state index is -0.876. The molecule has 0 heterocycles. The van der Waals surface area contributed by atoms with Crippen molar-refractivity contribution < 1.29 is 14.6 Å². The van der Waals surface area contributed by atoms with Crippen LogP contribution in [0.5, 0.6) is 0 Å². The molecule has 0 radical (unpaired) electrons. The van der Waals surface area contributed by atoms with Gasteiger partial charge in [-0.3, -0.25) is 0 Å². The summed E-state index contributed by atoms with van der Waals surface area (Å²) < 4.78 is 4.92. The number of carbonyl (C=O) groups is 1. The number of aromatic carboxylic acids is 1. The number of benzene rings is 1. The van der Waals surface area contributed by atoms with Gasteiger partial charge in [-0.15, -0.1) is 11.8 Å². The van der Waals surface area contributed by atoms with Crippen LogP contribution in [0.2, 0.25) is 0 Å². The Morgan fingerprint density at radius 3 is 2.87 bits per heavy atom. The average Bonchev–Trinajstić information content (AvgIpc) is 2.20. The number of methoxy groups -OCH3 is 1. The van der Waals surface area contributed by atoms with E-state index in [4.69, 9.17) is 9.84 Å². The van der Waals surface area contributed by atoms with Crippen molar-refractivity contribution in [3.8, 4) is 0 Å². The second-order valence-corrected chi connectivity index (χ2v) is 4.28. The van der Waals surface area contributed by atoms with Crippen LogP contribution in [0.1, 0.15) is 15.9 Å². The summed E-state index contributed by atoms with van der Waals surface area (Å²) >= 11 is 1.50. The van der Waals surface area contributed by atoms with E-state index in [1.165, 1.54) is 11.8 Å². The Morgan fingerprint density at radius 2 is 2.27 bits per heavy atom. The number of rotatable bonds is 5. The quantitative estimate of drug-likeness (QED) is 0.618. The number of carboxylic acids is 1. The molecule has 1 N–H and O–H groups in total. The van der Waals surface area contributed by atoms with Crippen LogP contribution in [0.3, 0.4) is 0 Å². The number of carboxylic acid groups (broad SMARTS) is 1. The lowest BCUT2D eigenvalue weighted by molar-refractivity contribution is 0.0693. The van der Waals surface area contributed by atoms with E-state index in [9.17, 15) is 4.79 Å². The third-order valence-corrected chi connectivity index (χ3v) is 2.95. The monoisotopic (exact) mass is 226 g/mol. The molecule has 0 unspecified atom stereocenters. The van der Waals surface area contributed by atoms with Crippen molar-refractivity contribution in [2.75, 3.05) is 19.5 Å². The molecule has 0 amide bonds.